The van der Waals surface area contributed by atoms with Gasteiger partial charge < -0.3 is 19.5 Å². The fourth-order valence-corrected chi connectivity index (χ4v) is 9.83. The minimum atomic E-state index is -4.43. The van der Waals surface area contributed by atoms with Gasteiger partial charge in [-0.15, -0.1) is 5.10 Å². The van der Waals surface area contributed by atoms with Gasteiger partial charge in [0.15, 0.2) is 11.3 Å². The first-order chi connectivity index (χ1) is 29.1. The molecule has 2 fully saturated rings. The van der Waals surface area contributed by atoms with Gasteiger partial charge in [0.2, 0.25) is 5.88 Å². The molecule has 13 nitrogen and oxygen atoms in total. The molecule has 3 N–H and O–H groups in total. The standard InChI is InChI=1S/C45H51Cl2N7O6S/c1-44(2)16-15-31(36(25-44)30-7-9-32(46)10-8-30)27-53-19-21-54(22-20-53)33-11-12-35(40(23-33)60-39-6-4-5-38-41(39)50-52-49-38)42(55)51-61(57,58)34-24-37(47)43(48-26-34)59-28-29-13-17-45(3,56)18-14-29/h4-12,23-24,26,29,56H,13-22,25,27-28H2,1-3H3,(H,51,55)(H,49,50,52)/t29-,45-. The number of sulfonamides is 1. The van der Waals surface area contributed by atoms with Crippen LogP contribution in [0.25, 0.3) is 16.6 Å². The van der Waals surface area contributed by atoms with E-state index in [1.54, 1.807) is 30.3 Å². The van der Waals surface area contributed by atoms with Crippen molar-refractivity contribution in [1.29, 1.82) is 0 Å². The third-order valence-corrected chi connectivity index (χ3v) is 14.1. The normalized spacial score (nSPS) is 21.1. The average Bonchev–Trinajstić information content (AvgIpc) is 3.72. The zero-order valence-corrected chi connectivity index (χ0v) is 36.9. The second-order valence-corrected chi connectivity index (χ2v) is 20.1. The lowest BCUT2D eigenvalue weighted by Crippen LogP contribution is -2.47. The molecule has 1 aliphatic heterocycles. The third-order valence-electron chi connectivity index (χ3n) is 12.2. The van der Waals surface area contributed by atoms with Crippen molar-refractivity contribution in [3.8, 4) is 17.4 Å². The minimum absolute atomic E-state index is 0.00110. The molecule has 3 aliphatic rings. The molecule has 0 atom stereocenters. The molecule has 0 radical (unpaired) electrons. The van der Waals surface area contributed by atoms with Crippen LogP contribution in [0.3, 0.4) is 0 Å². The number of benzene rings is 3. The van der Waals surface area contributed by atoms with Gasteiger partial charge in [0.1, 0.15) is 15.7 Å². The van der Waals surface area contributed by atoms with Crippen molar-refractivity contribution in [3.05, 3.63) is 99.7 Å². The predicted octanol–water partition coefficient (Wildman–Crippen LogP) is 8.68. The Hall–Kier alpha value is -4.73. The number of anilines is 1. The van der Waals surface area contributed by atoms with Crippen LogP contribution >= 0.6 is 23.2 Å². The molecule has 0 unspecified atom stereocenters. The number of amides is 1. The molecule has 16 heteroatoms. The van der Waals surface area contributed by atoms with Crippen molar-refractivity contribution in [2.75, 3.05) is 44.2 Å². The first-order valence-electron chi connectivity index (χ1n) is 20.8. The van der Waals surface area contributed by atoms with Crippen LogP contribution < -0.4 is 19.1 Å². The minimum Gasteiger partial charge on any atom is -0.476 e. The quantitative estimate of drug-likeness (QED) is 0.110. The van der Waals surface area contributed by atoms with Gasteiger partial charge in [-0.2, -0.15) is 0 Å². The number of aromatic nitrogens is 4. The van der Waals surface area contributed by atoms with Crippen LogP contribution in [0.4, 0.5) is 5.69 Å². The highest BCUT2D eigenvalue weighted by molar-refractivity contribution is 7.90. The van der Waals surface area contributed by atoms with E-state index in [9.17, 15) is 18.3 Å². The van der Waals surface area contributed by atoms with E-state index < -0.39 is 21.5 Å². The molecule has 0 spiro atoms. The van der Waals surface area contributed by atoms with E-state index in [1.807, 2.05) is 25.1 Å². The van der Waals surface area contributed by atoms with Gasteiger partial charge in [-0.05, 0) is 117 Å². The number of ether oxygens (including phenoxy) is 2. The maximum Gasteiger partial charge on any atom is 0.268 e. The number of pyridine rings is 1. The Balaban J connectivity index is 0.981. The van der Waals surface area contributed by atoms with Gasteiger partial charge in [0, 0.05) is 49.5 Å². The number of carbonyl (C=O) groups excluding carboxylic acids is 1. The van der Waals surface area contributed by atoms with Crippen molar-refractivity contribution in [1.82, 2.24) is 30.0 Å². The smallest absolute Gasteiger partial charge is 0.268 e. The average molecular weight is 889 g/mol. The Kier molecular flexibility index (Phi) is 12.4. The number of fused-ring (bicyclic) bond motifs is 1. The Labute approximate surface area is 366 Å². The SMILES string of the molecule is CC1(C)CCC(CN2CCN(c3ccc(C(=O)NS(=O)(=O)c4cnc(OC[C@H]5CC[C@](C)(O)CC5)c(Cl)c4)c(Oc4cccc5[nH]nnc45)c3)CC2)=C(c2ccc(Cl)cc2)C1. The van der Waals surface area contributed by atoms with E-state index in [4.69, 9.17) is 32.7 Å². The summed E-state index contributed by atoms with van der Waals surface area (Å²) in [6, 6.07) is 19.8. The lowest BCUT2D eigenvalue weighted by atomic mass is 9.72. The molecule has 2 aromatic heterocycles. The summed E-state index contributed by atoms with van der Waals surface area (Å²) in [6.07, 6.45) is 7.27. The molecule has 3 aromatic carbocycles. The highest BCUT2D eigenvalue weighted by atomic mass is 35.5. The second kappa shape index (κ2) is 17.6. The van der Waals surface area contributed by atoms with Gasteiger partial charge in [-0.1, -0.05) is 66.0 Å². The highest BCUT2D eigenvalue weighted by Gasteiger charge is 2.31. The first-order valence-corrected chi connectivity index (χ1v) is 23.0. The molecule has 1 saturated heterocycles. The van der Waals surface area contributed by atoms with Gasteiger partial charge >= 0.3 is 0 Å². The number of hydrogen-bond donors (Lipinski definition) is 3. The number of piperazine rings is 1. The maximum absolute atomic E-state index is 13.9. The summed E-state index contributed by atoms with van der Waals surface area (Å²) in [7, 11) is -4.43. The van der Waals surface area contributed by atoms with Crippen LogP contribution in [-0.4, -0.2) is 89.7 Å². The number of hydrogen-bond acceptors (Lipinski definition) is 11. The third kappa shape index (κ3) is 10.2. The number of halogens is 2. The summed E-state index contributed by atoms with van der Waals surface area (Å²) in [5.74, 6) is -0.0954. The van der Waals surface area contributed by atoms with E-state index in [0.29, 0.717) is 36.2 Å². The van der Waals surface area contributed by atoms with Crippen molar-refractivity contribution in [2.45, 2.75) is 76.2 Å². The van der Waals surface area contributed by atoms with Crippen LogP contribution in [0.1, 0.15) is 81.6 Å². The monoisotopic (exact) mass is 887 g/mol. The van der Waals surface area contributed by atoms with Crippen LogP contribution in [-0.2, 0) is 10.0 Å². The summed E-state index contributed by atoms with van der Waals surface area (Å²) in [5, 5.41) is 21.9. The number of nitrogens with zero attached hydrogens (tertiary/aromatic N) is 5. The molecule has 2 aliphatic carbocycles. The molecule has 1 amide bonds. The Bertz CT molecular complexity index is 2540. The number of carbonyl (C=O) groups is 1. The van der Waals surface area contributed by atoms with Crippen molar-refractivity contribution < 1.29 is 27.8 Å². The molecule has 3 heterocycles. The lowest BCUT2D eigenvalue weighted by Gasteiger charge is -2.39. The summed E-state index contributed by atoms with van der Waals surface area (Å²) in [6.45, 7) is 10.9. The molecule has 322 valence electrons. The number of aliphatic hydroxyl groups is 1. The molecule has 8 rings (SSSR count). The van der Waals surface area contributed by atoms with E-state index in [0.717, 1.165) is 81.7 Å². The fourth-order valence-electron chi connectivity index (χ4n) is 8.48. The number of allylic oxidation sites excluding steroid dienone is 1. The van der Waals surface area contributed by atoms with Gasteiger partial charge in [0.25, 0.3) is 15.9 Å². The summed E-state index contributed by atoms with van der Waals surface area (Å²) < 4.78 is 41.6. The van der Waals surface area contributed by atoms with Gasteiger partial charge in [-0.25, -0.2) is 18.1 Å². The Morgan fingerprint density at radius 2 is 1.72 bits per heavy atom. The van der Waals surface area contributed by atoms with Gasteiger partial charge in [-0.3, -0.25) is 14.8 Å². The van der Waals surface area contributed by atoms with E-state index in [1.165, 1.54) is 22.8 Å². The fraction of sp³-hybridized carbons (Fsp3) is 0.422. The van der Waals surface area contributed by atoms with Crippen LogP contribution in [0, 0.1) is 11.3 Å². The zero-order valence-electron chi connectivity index (χ0n) is 34.6. The number of H-pyrrole nitrogens is 1. The lowest BCUT2D eigenvalue weighted by molar-refractivity contribution is 0.00127. The van der Waals surface area contributed by atoms with Crippen molar-refractivity contribution >= 4 is 61.4 Å². The van der Waals surface area contributed by atoms with Crippen LogP contribution in [0.5, 0.6) is 17.4 Å². The number of nitrogens with one attached hydrogen (secondary N) is 2. The van der Waals surface area contributed by atoms with Crippen molar-refractivity contribution in [3.63, 3.8) is 0 Å². The van der Waals surface area contributed by atoms with Crippen molar-refractivity contribution in [2.24, 2.45) is 11.3 Å². The van der Waals surface area contributed by atoms with E-state index in [2.05, 4.69) is 60.9 Å². The summed E-state index contributed by atoms with van der Waals surface area (Å²) in [5.41, 5.74) is 5.62. The Morgan fingerprint density at radius 3 is 2.46 bits per heavy atom. The predicted molar refractivity (Wildman–Crippen MR) is 237 cm³/mol. The highest BCUT2D eigenvalue weighted by Crippen LogP contribution is 2.44. The van der Waals surface area contributed by atoms with Crippen LogP contribution in [0.15, 0.2) is 83.4 Å². The van der Waals surface area contributed by atoms with Gasteiger partial charge in [0.05, 0.1) is 29.5 Å². The van der Waals surface area contributed by atoms with E-state index in [-0.39, 0.29) is 38.4 Å². The molecule has 1 saturated carbocycles. The number of rotatable bonds is 12. The summed E-state index contributed by atoms with van der Waals surface area (Å²) >= 11 is 12.7. The topological polar surface area (TPSA) is 163 Å². The molecule has 5 aromatic rings. The van der Waals surface area contributed by atoms with Crippen LogP contribution in [0.2, 0.25) is 10.0 Å². The molecule has 0 bridgehead atoms. The Morgan fingerprint density at radius 1 is 0.967 bits per heavy atom. The molecular weight excluding hydrogens is 838 g/mol. The second-order valence-electron chi connectivity index (χ2n) is 17.6. The largest absolute Gasteiger partial charge is 0.476 e. The maximum atomic E-state index is 13.9. The number of aromatic amines is 1. The summed E-state index contributed by atoms with van der Waals surface area (Å²) in [4.78, 5) is 22.5. The van der Waals surface area contributed by atoms with E-state index >= 15 is 0 Å². The first kappa shape index (κ1) is 42.9. The zero-order chi connectivity index (χ0) is 42.9. The molecular formula is C45H51Cl2N7O6S. The molecule has 61 heavy (non-hydrogen) atoms.